The van der Waals surface area contributed by atoms with Crippen LogP contribution in [0, 0.1) is 10.1 Å². The Kier molecular flexibility index (Phi) is 5.89. The van der Waals surface area contributed by atoms with E-state index in [0.717, 1.165) is 5.56 Å². The molecule has 0 saturated heterocycles. The van der Waals surface area contributed by atoms with Crippen LogP contribution in [0.1, 0.15) is 24.9 Å². The van der Waals surface area contributed by atoms with Gasteiger partial charge in [0.05, 0.1) is 11.0 Å². The topological polar surface area (TPSA) is 75.5 Å². The number of benzene rings is 2. The lowest BCUT2D eigenvalue weighted by Crippen LogP contribution is -2.30. The molecule has 0 fully saturated rings. The second-order valence-electron chi connectivity index (χ2n) is 5.54. The fraction of sp³-hybridized carbons (Fsp3) is 0.278. The van der Waals surface area contributed by atoms with Gasteiger partial charge in [-0.05, 0) is 18.6 Å². The Morgan fingerprint density at radius 3 is 2.46 bits per heavy atom. The van der Waals surface area contributed by atoms with Gasteiger partial charge in [-0.15, -0.1) is 0 Å². The van der Waals surface area contributed by atoms with Crippen LogP contribution in [0.2, 0.25) is 0 Å². The van der Waals surface area contributed by atoms with Crippen LogP contribution in [-0.2, 0) is 4.79 Å². The third-order valence-electron chi connectivity index (χ3n) is 4.01. The van der Waals surface area contributed by atoms with Crippen LogP contribution >= 0.6 is 0 Å². The molecular weight excluding hydrogens is 306 g/mol. The van der Waals surface area contributed by atoms with Gasteiger partial charge in [-0.1, -0.05) is 42.5 Å². The number of hydrogen-bond donors (Lipinski definition) is 1. The molecule has 2 aromatic rings. The largest absolute Gasteiger partial charge is 0.379 e. The molecule has 2 rings (SSSR count). The molecule has 0 aliphatic heterocycles. The fourth-order valence-corrected chi connectivity index (χ4v) is 2.43. The van der Waals surface area contributed by atoms with E-state index in [-0.39, 0.29) is 24.1 Å². The first kappa shape index (κ1) is 17.5. The Hall–Kier alpha value is -2.89. The van der Waals surface area contributed by atoms with Gasteiger partial charge in [-0.2, -0.15) is 0 Å². The van der Waals surface area contributed by atoms with E-state index in [1.807, 2.05) is 37.3 Å². The Labute approximate surface area is 141 Å². The zero-order valence-electron chi connectivity index (χ0n) is 13.8. The zero-order valence-corrected chi connectivity index (χ0v) is 13.8. The monoisotopic (exact) mass is 327 g/mol. The number of carbonyl (C=O) groups excluding carboxylic acids is 1. The van der Waals surface area contributed by atoms with Crippen LogP contribution in [0.3, 0.4) is 0 Å². The minimum Gasteiger partial charge on any atom is -0.379 e. The van der Waals surface area contributed by atoms with Gasteiger partial charge in [0.1, 0.15) is 5.69 Å². The quantitative estimate of drug-likeness (QED) is 0.622. The maximum atomic E-state index is 12.3. The third-order valence-corrected chi connectivity index (χ3v) is 4.01. The summed E-state index contributed by atoms with van der Waals surface area (Å²) in [5.74, 6) is -0.0163. The molecule has 0 bridgehead atoms. The second kappa shape index (κ2) is 8.10. The summed E-state index contributed by atoms with van der Waals surface area (Å²) in [7, 11) is 1.77. The van der Waals surface area contributed by atoms with Crippen molar-refractivity contribution in [2.75, 3.05) is 18.9 Å². The summed E-state index contributed by atoms with van der Waals surface area (Å²) in [5.41, 5.74) is 1.50. The van der Waals surface area contributed by atoms with E-state index < -0.39 is 4.92 Å². The summed E-state index contributed by atoms with van der Waals surface area (Å²) < 4.78 is 0. The fourth-order valence-electron chi connectivity index (χ4n) is 2.43. The first-order valence-electron chi connectivity index (χ1n) is 7.78. The summed E-state index contributed by atoms with van der Waals surface area (Å²) >= 11 is 0. The molecule has 0 radical (unpaired) electrons. The van der Waals surface area contributed by atoms with Gasteiger partial charge in [0, 0.05) is 26.1 Å². The minimum absolute atomic E-state index is 0.0101. The average molecular weight is 327 g/mol. The van der Waals surface area contributed by atoms with Crippen LogP contribution in [0.5, 0.6) is 0 Å². The molecule has 0 aliphatic carbocycles. The van der Waals surface area contributed by atoms with E-state index in [4.69, 9.17) is 0 Å². The third kappa shape index (κ3) is 4.32. The zero-order chi connectivity index (χ0) is 17.5. The number of anilines is 1. The van der Waals surface area contributed by atoms with Crippen molar-refractivity contribution in [3.05, 3.63) is 70.3 Å². The Morgan fingerprint density at radius 2 is 1.79 bits per heavy atom. The highest BCUT2D eigenvalue weighted by molar-refractivity contribution is 5.77. The lowest BCUT2D eigenvalue weighted by Gasteiger charge is -2.25. The van der Waals surface area contributed by atoms with Crippen LogP contribution < -0.4 is 5.32 Å². The molecule has 0 spiro atoms. The van der Waals surface area contributed by atoms with Gasteiger partial charge >= 0.3 is 0 Å². The SMILES string of the molecule is CC(c1ccccc1)N(C)C(=O)CCNc1ccccc1[N+](=O)[O-]. The predicted molar refractivity (Wildman–Crippen MR) is 93.8 cm³/mol. The van der Waals surface area contributed by atoms with Crippen molar-refractivity contribution >= 4 is 17.3 Å². The molecule has 6 heteroatoms. The van der Waals surface area contributed by atoms with Crippen molar-refractivity contribution < 1.29 is 9.72 Å². The number of para-hydroxylation sites is 2. The summed E-state index contributed by atoms with van der Waals surface area (Å²) in [4.78, 5) is 24.5. The summed E-state index contributed by atoms with van der Waals surface area (Å²) in [6.45, 7) is 2.32. The van der Waals surface area contributed by atoms with Crippen molar-refractivity contribution in [2.24, 2.45) is 0 Å². The smallest absolute Gasteiger partial charge is 0.292 e. The lowest BCUT2D eigenvalue weighted by molar-refractivity contribution is -0.384. The highest BCUT2D eigenvalue weighted by Gasteiger charge is 2.17. The summed E-state index contributed by atoms with van der Waals surface area (Å²) in [6, 6.07) is 16.2. The van der Waals surface area contributed by atoms with Gasteiger partial charge in [-0.3, -0.25) is 14.9 Å². The first-order valence-corrected chi connectivity index (χ1v) is 7.78. The number of carbonyl (C=O) groups is 1. The van der Waals surface area contributed by atoms with Gasteiger partial charge in [-0.25, -0.2) is 0 Å². The van der Waals surface area contributed by atoms with Crippen molar-refractivity contribution in [1.29, 1.82) is 0 Å². The molecule has 1 atom stereocenters. The molecular formula is C18H21N3O3. The molecule has 2 aromatic carbocycles. The number of hydrogen-bond acceptors (Lipinski definition) is 4. The highest BCUT2D eigenvalue weighted by Crippen LogP contribution is 2.23. The molecule has 1 amide bonds. The van der Waals surface area contributed by atoms with Crippen molar-refractivity contribution in [2.45, 2.75) is 19.4 Å². The maximum absolute atomic E-state index is 12.3. The lowest BCUT2D eigenvalue weighted by atomic mass is 10.1. The predicted octanol–water partition coefficient (Wildman–Crippen LogP) is 3.62. The standard InChI is InChI=1S/C18H21N3O3/c1-14(15-8-4-3-5-9-15)20(2)18(22)12-13-19-16-10-6-7-11-17(16)21(23)24/h3-11,14,19H,12-13H2,1-2H3. The first-order chi connectivity index (χ1) is 11.5. The van der Waals surface area contributed by atoms with Crippen LogP contribution in [0.25, 0.3) is 0 Å². The molecule has 1 unspecified atom stereocenters. The molecule has 6 nitrogen and oxygen atoms in total. The maximum Gasteiger partial charge on any atom is 0.292 e. The van der Waals surface area contributed by atoms with Gasteiger partial charge in [0.25, 0.3) is 5.69 Å². The Bertz CT molecular complexity index is 704. The van der Waals surface area contributed by atoms with Crippen molar-refractivity contribution in [3.8, 4) is 0 Å². The van der Waals surface area contributed by atoms with Crippen molar-refractivity contribution in [3.63, 3.8) is 0 Å². The summed E-state index contributed by atoms with van der Waals surface area (Å²) in [6.07, 6.45) is 0.264. The molecule has 0 aromatic heterocycles. The van der Waals surface area contributed by atoms with Crippen LogP contribution in [0.4, 0.5) is 11.4 Å². The van der Waals surface area contributed by atoms with E-state index >= 15 is 0 Å². The molecule has 1 N–H and O–H groups in total. The molecule has 126 valence electrons. The number of nitro groups is 1. The van der Waals surface area contributed by atoms with E-state index in [1.54, 1.807) is 30.1 Å². The van der Waals surface area contributed by atoms with Crippen LogP contribution in [0.15, 0.2) is 54.6 Å². The normalized spacial score (nSPS) is 11.6. The van der Waals surface area contributed by atoms with Gasteiger partial charge in [0.2, 0.25) is 5.91 Å². The van der Waals surface area contributed by atoms with E-state index in [1.165, 1.54) is 6.07 Å². The molecule has 0 aliphatic rings. The number of amides is 1. The number of nitrogens with zero attached hydrogens (tertiary/aromatic N) is 2. The van der Waals surface area contributed by atoms with Gasteiger partial charge in [0.15, 0.2) is 0 Å². The Morgan fingerprint density at radius 1 is 1.17 bits per heavy atom. The van der Waals surface area contributed by atoms with E-state index in [2.05, 4.69) is 5.32 Å². The minimum atomic E-state index is -0.437. The second-order valence-corrected chi connectivity index (χ2v) is 5.54. The van der Waals surface area contributed by atoms with Crippen LogP contribution in [-0.4, -0.2) is 29.3 Å². The summed E-state index contributed by atoms with van der Waals surface area (Å²) in [5, 5.41) is 13.9. The van der Waals surface area contributed by atoms with E-state index in [9.17, 15) is 14.9 Å². The number of nitro benzene ring substituents is 1. The molecule has 0 heterocycles. The van der Waals surface area contributed by atoms with Gasteiger partial charge < -0.3 is 10.2 Å². The highest BCUT2D eigenvalue weighted by atomic mass is 16.6. The van der Waals surface area contributed by atoms with E-state index in [0.29, 0.717) is 12.2 Å². The Balaban J connectivity index is 1.90. The number of nitrogens with one attached hydrogen (secondary N) is 1. The molecule has 24 heavy (non-hydrogen) atoms. The molecule has 0 saturated carbocycles. The number of rotatable bonds is 7. The average Bonchev–Trinajstić information content (AvgIpc) is 2.61. The van der Waals surface area contributed by atoms with Crippen molar-refractivity contribution in [1.82, 2.24) is 4.90 Å².